The minimum Gasteiger partial charge on any atom is -0.364 e. The molecule has 1 heterocycles. The first kappa shape index (κ1) is 8.81. The van der Waals surface area contributed by atoms with E-state index in [-0.39, 0.29) is 0 Å². The summed E-state index contributed by atoms with van der Waals surface area (Å²) in [5, 5.41) is 1.01. The topological polar surface area (TPSA) is 58.9 Å². The molecule has 1 aromatic carbocycles. The summed E-state index contributed by atoms with van der Waals surface area (Å²) in [5.74, 6) is -0.428. The molecule has 1 amide bonds. The lowest BCUT2D eigenvalue weighted by molar-refractivity contribution is 0.0996. The van der Waals surface area contributed by atoms with E-state index in [2.05, 4.69) is 4.98 Å². The van der Waals surface area contributed by atoms with Gasteiger partial charge in [-0.15, -0.1) is 0 Å². The average Bonchev–Trinajstić information content (AvgIpc) is 2.59. The number of aromatic nitrogens is 1. The fraction of sp³-hybridized carbons (Fsp3) is 0.0909. The number of amides is 1. The zero-order chi connectivity index (χ0) is 10.1. The fourth-order valence-electron chi connectivity index (χ4n) is 1.46. The van der Waals surface area contributed by atoms with Gasteiger partial charge in [-0.25, -0.2) is 0 Å². The van der Waals surface area contributed by atoms with Crippen molar-refractivity contribution in [2.24, 2.45) is 5.73 Å². The van der Waals surface area contributed by atoms with E-state index < -0.39 is 5.91 Å². The molecule has 0 aliphatic heterocycles. The lowest BCUT2D eigenvalue weighted by Crippen LogP contribution is -2.10. The summed E-state index contributed by atoms with van der Waals surface area (Å²) < 4.78 is 0. The third kappa shape index (κ3) is 1.37. The zero-order valence-corrected chi connectivity index (χ0v) is 7.87. The molecule has 14 heavy (non-hydrogen) atoms. The van der Waals surface area contributed by atoms with Crippen LogP contribution in [0.15, 0.2) is 24.3 Å². The summed E-state index contributed by atoms with van der Waals surface area (Å²) in [4.78, 5) is 13.9. The maximum absolute atomic E-state index is 10.9. The van der Waals surface area contributed by atoms with E-state index in [4.69, 9.17) is 5.73 Å². The molecule has 0 aliphatic rings. The number of H-pyrrole nitrogens is 1. The first-order valence-corrected chi connectivity index (χ1v) is 4.42. The Balaban J connectivity index is 2.60. The number of carbonyl (C=O) groups is 1. The molecule has 1 radical (unpaired) electrons. The first-order chi connectivity index (χ1) is 6.70. The first-order valence-electron chi connectivity index (χ1n) is 4.42. The molecule has 3 N–H and O–H groups in total. The Morgan fingerprint density at radius 2 is 2.21 bits per heavy atom. The number of nitrogens with two attached hydrogens (primary N) is 1. The molecule has 71 valence electrons. The quantitative estimate of drug-likeness (QED) is 0.740. The van der Waals surface area contributed by atoms with Crippen LogP contribution in [0.4, 0.5) is 0 Å². The highest BCUT2D eigenvalue weighted by atomic mass is 16.1. The van der Waals surface area contributed by atoms with Gasteiger partial charge in [0.15, 0.2) is 0 Å². The third-order valence-corrected chi connectivity index (χ3v) is 2.24. The van der Waals surface area contributed by atoms with Gasteiger partial charge in [-0.1, -0.05) is 13.0 Å². The van der Waals surface area contributed by atoms with Gasteiger partial charge >= 0.3 is 0 Å². The van der Waals surface area contributed by atoms with Gasteiger partial charge in [-0.2, -0.15) is 0 Å². The van der Waals surface area contributed by atoms with Crippen molar-refractivity contribution in [3.05, 3.63) is 41.9 Å². The Labute approximate surface area is 81.9 Å². The molecular weight excluding hydrogens is 176 g/mol. The number of aromatic amines is 1. The lowest BCUT2D eigenvalue weighted by Gasteiger charge is -1.94. The number of rotatable bonds is 2. The summed E-state index contributed by atoms with van der Waals surface area (Å²) >= 11 is 0. The molecule has 0 fully saturated rings. The van der Waals surface area contributed by atoms with Gasteiger partial charge in [0, 0.05) is 10.9 Å². The average molecular weight is 187 g/mol. The van der Waals surface area contributed by atoms with Crippen LogP contribution in [0, 0.1) is 6.42 Å². The highest BCUT2D eigenvalue weighted by Gasteiger charge is 2.05. The molecule has 0 saturated carbocycles. The largest absolute Gasteiger partial charge is 0.364 e. The summed E-state index contributed by atoms with van der Waals surface area (Å²) in [6, 6.07) is 7.71. The Hall–Kier alpha value is -1.77. The van der Waals surface area contributed by atoms with Crippen LogP contribution in [0.25, 0.3) is 10.9 Å². The number of hydrogen-bond acceptors (Lipinski definition) is 1. The van der Waals surface area contributed by atoms with Gasteiger partial charge in [0.1, 0.15) is 5.69 Å². The van der Waals surface area contributed by atoms with Crippen molar-refractivity contribution in [1.82, 2.24) is 4.98 Å². The second kappa shape index (κ2) is 3.18. The number of carbonyl (C=O) groups excluding carboxylic acids is 1. The standard InChI is InChI=1S/C11H11N2O/c1-2-7-3-4-9-8(5-7)6-10(13-9)11(12)14/h2-6,13H,1H3,(H2,12,14). The molecule has 1 aromatic heterocycles. The van der Waals surface area contributed by atoms with Crippen LogP contribution in [0.3, 0.4) is 0 Å². The number of primary amides is 1. The zero-order valence-electron chi connectivity index (χ0n) is 7.87. The normalized spacial score (nSPS) is 10.6. The summed E-state index contributed by atoms with van der Waals surface area (Å²) in [6.07, 6.45) is 2.01. The van der Waals surface area contributed by atoms with Crippen molar-refractivity contribution >= 4 is 16.8 Å². The minimum absolute atomic E-state index is 0.428. The van der Waals surface area contributed by atoms with E-state index in [0.29, 0.717) is 5.69 Å². The van der Waals surface area contributed by atoms with Crippen LogP contribution in [0.1, 0.15) is 23.0 Å². The predicted molar refractivity (Wildman–Crippen MR) is 55.9 cm³/mol. The van der Waals surface area contributed by atoms with E-state index >= 15 is 0 Å². The number of hydrogen-bond donors (Lipinski definition) is 2. The monoisotopic (exact) mass is 187 g/mol. The van der Waals surface area contributed by atoms with Crippen molar-refractivity contribution in [2.75, 3.05) is 0 Å². The Kier molecular flexibility index (Phi) is 2.00. The molecule has 3 heteroatoms. The van der Waals surface area contributed by atoms with Crippen LogP contribution in [0.5, 0.6) is 0 Å². The molecule has 2 aromatic rings. The van der Waals surface area contributed by atoms with Crippen molar-refractivity contribution in [3.63, 3.8) is 0 Å². The van der Waals surface area contributed by atoms with E-state index in [1.54, 1.807) is 6.07 Å². The summed E-state index contributed by atoms with van der Waals surface area (Å²) in [5.41, 5.74) is 7.69. The van der Waals surface area contributed by atoms with Gasteiger partial charge in [0.05, 0.1) is 0 Å². The number of nitrogens with one attached hydrogen (secondary N) is 1. The number of fused-ring (bicyclic) bond motifs is 1. The molecule has 0 unspecified atom stereocenters. The lowest BCUT2D eigenvalue weighted by atomic mass is 10.1. The van der Waals surface area contributed by atoms with Crippen LogP contribution >= 0.6 is 0 Å². The Bertz CT molecular complexity index is 485. The van der Waals surface area contributed by atoms with Gasteiger partial charge in [-0.3, -0.25) is 4.79 Å². The van der Waals surface area contributed by atoms with Crippen LogP contribution < -0.4 is 5.73 Å². The van der Waals surface area contributed by atoms with Crippen molar-refractivity contribution < 1.29 is 4.79 Å². The van der Waals surface area contributed by atoms with Gasteiger partial charge in [0.25, 0.3) is 5.91 Å². The van der Waals surface area contributed by atoms with E-state index in [1.807, 2.05) is 31.5 Å². The van der Waals surface area contributed by atoms with E-state index in [9.17, 15) is 4.79 Å². The Morgan fingerprint density at radius 3 is 2.86 bits per heavy atom. The molecular formula is C11H11N2O. The summed E-state index contributed by atoms with van der Waals surface area (Å²) in [6.45, 7) is 1.98. The van der Waals surface area contributed by atoms with Gasteiger partial charge < -0.3 is 10.7 Å². The Morgan fingerprint density at radius 1 is 1.43 bits per heavy atom. The van der Waals surface area contributed by atoms with Crippen molar-refractivity contribution in [1.29, 1.82) is 0 Å². The third-order valence-electron chi connectivity index (χ3n) is 2.24. The molecule has 3 nitrogen and oxygen atoms in total. The molecule has 0 atom stereocenters. The maximum Gasteiger partial charge on any atom is 0.265 e. The maximum atomic E-state index is 10.9. The fourth-order valence-corrected chi connectivity index (χ4v) is 1.46. The van der Waals surface area contributed by atoms with Crippen molar-refractivity contribution in [3.8, 4) is 0 Å². The SMILES string of the molecule is C[CH]c1ccc2[nH]c(C(N)=O)cc2c1. The van der Waals surface area contributed by atoms with Crippen molar-refractivity contribution in [2.45, 2.75) is 6.92 Å². The molecule has 0 saturated heterocycles. The second-order valence-corrected chi connectivity index (χ2v) is 3.18. The smallest absolute Gasteiger partial charge is 0.265 e. The van der Waals surface area contributed by atoms with E-state index in [0.717, 1.165) is 16.5 Å². The highest BCUT2D eigenvalue weighted by Crippen LogP contribution is 2.17. The molecule has 0 aliphatic carbocycles. The number of benzene rings is 1. The minimum atomic E-state index is -0.428. The van der Waals surface area contributed by atoms with Gasteiger partial charge in [-0.05, 0) is 30.2 Å². The second-order valence-electron chi connectivity index (χ2n) is 3.18. The van der Waals surface area contributed by atoms with Gasteiger partial charge in [0.2, 0.25) is 0 Å². The predicted octanol–water partition coefficient (Wildman–Crippen LogP) is 1.84. The van der Waals surface area contributed by atoms with Crippen LogP contribution in [0.2, 0.25) is 0 Å². The molecule has 2 rings (SSSR count). The van der Waals surface area contributed by atoms with Crippen LogP contribution in [-0.2, 0) is 0 Å². The summed E-state index contributed by atoms with van der Waals surface area (Å²) in [7, 11) is 0. The van der Waals surface area contributed by atoms with E-state index in [1.165, 1.54) is 0 Å². The highest BCUT2D eigenvalue weighted by molar-refractivity contribution is 5.97. The molecule has 0 spiro atoms. The van der Waals surface area contributed by atoms with Crippen LogP contribution in [-0.4, -0.2) is 10.9 Å². The molecule has 0 bridgehead atoms.